The second-order valence-corrected chi connectivity index (χ2v) is 11.8. The van der Waals surface area contributed by atoms with Gasteiger partial charge in [-0.1, -0.05) is 0 Å². The molecule has 1 heterocycles. The Labute approximate surface area is 314 Å². The van der Waals surface area contributed by atoms with Gasteiger partial charge >= 0.3 is 0 Å². The molecule has 0 aromatic rings. The number of aliphatic hydroxyl groups excluding tert-OH is 2. The van der Waals surface area contributed by atoms with Gasteiger partial charge in [0.05, 0.1) is 19.8 Å². The van der Waals surface area contributed by atoms with E-state index in [1.165, 1.54) is 0 Å². The van der Waals surface area contributed by atoms with Crippen molar-refractivity contribution in [3.63, 3.8) is 0 Å². The minimum atomic E-state index is -1.72. The number of nitrogens with one attached hydrogen (secondary N) is 6. The SMILES string of the molecule is CC(=O)N(O)CCC[C@@H]1NC(=O)CNC(=O)[C@@H](CO)NC(=O)[C@H](CO)NC(=O)[C@@H](CCCN(O)C(C)=O)NC(=O)[C@H](CCCN(O)C(C)=O)NC1=O.[Fe]. The molecule has 0 aromatic carbocycles. The van der Waals surface area contributed by atoms with Crippen LogP contribution >= 0.6 is 0 Å². The van der Waals surface area contributed by atoms with Crippen molar-refractivity contribution in [2.24, 2.45) is 0 Å². The van der Waals surface area contributed by atoms with Crippen molar-refractivity contribution in [3.05, 3.63) is 0 Å². The minimum Gasteiger partial charge on any atom is -0.394 e. The topological polar surface area (TPSA) is 337 Å². The van der Waals surface area contributed by atoms with E-state index in [-0.39, 0.29) is 75.2 Å². The number of amides is 9. The van der Waals surface area contributed by atoms with Crippen LogP contribution in [0.25, 0.3) is 0 Å². The van der Waals surface area contributed by atoms with Gasteiger partial charge in [0.25, 0.3) is 0 Å². The molecule has 302 valence electrons. The van der Waals surface area contributed by atoms with E-state index in [9.17, 15) is 69.0 Å². The third-order valence-corrected chi connectivity index (χ3v) is 7.65. The molecule has 0 saturated carbocycles. The molecule has 53 heavy (non-hydrogen) atoms. The first-order valence-electron chi connectivity index (χ1n) is 16.3. The van der Waals surface area contributed by atoms with E-state index in [4.69, 9.17) is 0 Å². The van der Waals surface area contributed by atoms with E-state index in [2.05, 4.69) is 31.9 Å². The zero-order valence-electron chi connectivity index (χ0n) is 29.5. The largest absolute Gasteiger partial charge is 0.394 e. The summed E-state index contributed by atoms with van der Waals surface area (Å²) in [5, 5.41) is 63.7. The van der Waals surface area contributed by atoms with E-state index in [1.807, 2.05) is 0 Å². The summed E-state index contributed by atoms with van der Waals surface area (Å²) < 4.78 is 0. The van der Waals surface area contributed by atoms with E-state index in [0.717, 1.165) is 20.8 Å². The Kier molecular flexibility index (Phi) is 22.7. The normalized spacial score (nSPS) is 21.8. The van der Waals surface area contributed by atoms with Crippen LogP contribution in [0, 0.1) is 0 Å². The second-order valence-electron chi connectivity index (χ2n) is 11.8. The fraction of sp³-hybridized carbons (Fsp3) is 0.690. The Morgan fingerprint density at radius 2 is 0.811 bits per heavy atom. The average molecular weight is 804 g/mol. The summed E-state index contributed by atoms with van der Waals surface area (Å²) in [6.45, 7) is -0.358. The van der Waals surface area contributed by atoms with Gasteiger partial charge in [-0.25, -0.2) is 15.2 Å². The Morgan fingerprint density at radius 1 is 0.528 bits per heavy atom. The zero-order valence-corrected chi connectivity index (χ0v) is 30.6. The maximum absolute atomic E-state index is 13.7. The number of aliphatic hydroxyl groups is 2. The Hall–Kier alpha value is -4.45. The fourth-order valence-corrected chi connectivity index (χ4v) is 4.63. The molecule has 0 spiro atoms. The Bertz CT molecular complexity index is 1310. The van der Waals surface area contributed by atoms with Crippen LogP contribution in [-0.4, -0.2) is 164 Å². The third-order valence-electron chi connectivity index (χ3n) is 7.65. The second kappa shape index (κ2) is 24.7. The van der Waals surface area contributed by atoms with Gasteiger partial charge < -0.3 is 42.1 Å². The average Bonchev–Trinajstić information content (AvgIpc) is 3.09. The standard InChI is InChI=1S/C29H49N9O14.Fe/c1-16(41)36(50)10-4-7-19-26(46)32-20(8-5-11-37(51)17(2)42)27(47)33-21(9-6-12-38(52)18(3)43)28(48)35-23(15-40)29(49)34-22(14-39)25(45)30-13-24(44)31-19;/h19-23,39-40,50-52H,4-15H2,1-3H3,(H,30,45)(H,31,44)(H,32,46)(H,33,47)(H,34,49)(H,35,48);/t19-,20-,21+,22+,23-;/m0./s1. The Balaban J connectivity index is 0.0000270. The maximum atomic E-state index is 13.7. The molecule has 11 N–H and O–H groups in total. The molecule has 24 heteroatoms. The van der Waals surface area contributed by atoms with Gasteiger partial charge in [0.1, 0.15) is 30.2 Å². The summed E-state index contributed by atoms with van der Waals surface area (Å²) in [6.07, 6.45) is -0.960. The van der Waals surface area contributed by atoms with Crippen LogP contribution in [0.5, 0.6) is 0 Å². The molecule has 0 bridgehead atoms. The van der Waals surface area contributed by atoms with Crippen molar-refractivity contribution in [3.8, 4) is 0 Å². The predicted molar refractivity (Wildman–Crippen MR) is 172 cm³/mol. The van der Waals surface area contributed by atoms with E-state index in [1.54, 1.807) is 0 Å². The van der Waals surface area contributed by atoms with Crippen molar-refractivity contribution in [1.29, 1.82) is 0 Å². The molecule has 1 fully saturated rings. The third kappa shape index (κ3) is 17.8. The zero-order chi connectivity index (χ0) is 39.5. The molecule has 0 radical (unpaired) electrons. The van der Waals surface area contributed by atoms with Gasteiger partial charge in [-0.2, -0.15) is 0 Å². The molecule has 1 aliphatic rings. The molecule has 9 amide bonds. The first-order valence-corrected chi connectivity index (χ1v) is 16.3. The van der Waals surface area contributed by atoms with Crippen LogP contribution < -0.4 is 31.9 Å². The maximum Gasteiger partial charge on any atom is 0.245 e. The van der Waals surface area contributed by atoms with E-state index < -0.39 is 103 Å². The number of carbonyl (C=O) groups is 9. The number of hydrogen-bond acceptors (Lipinski definition) is 14. The van der Waals surface area contributed by atoms with Crippen molar-refractivity contribution in [2.45, 2.75) is 89.5 Å². The number of carbonyl (C=O) groups excluding carboxylic acids is 9. The van der Waals surface area contributed by atoms with E-state index >= 15 is 0 Å². The summed E-state index contributed by atoms with van der Waals surface area (Å²) in [4.78, 5) is 113. The van der Waals surface area contributed by atoms with Crippen LogP contribution in [0.15, 0.2) is 0 Å². The van der Waals surface area contributed by atoms with Crippen LogP contribution in [0.2, 0.25) is 0 Å². The van der Waals surface area contributed by atoms with E-state index in [0.29, 0.717) is 15.2 Å². The Morgan fingerprint density at radius 3 is 1.13 bits per heavy atom. The van der Waals surface area contributed by atoms with Gasteiger partial charge in [0, 0.05) is 57.5 Å². The van der Waals surface area contributed by atoms with Crippen LogP contribution in [0.3, 0.4) is 0 Å². The summed E-state index contributed by atoms with van der Waals surface area (Å²) in [5.41, 5.74) is 0. The molecule has 1 saturated heterocycles. The van der Waals surface area contributed by atoms with Crippen LogP contribution in [-0.2, 0) is 60.2 Å². The van der Waals surface area contributed by atoms with Gasteiger partial charge in [-0.05, 0) is 38.5 Å². The molecule has 0 unspecified atom stereocenters. The number of rotatable bonds is 14. The van der Waals surface area contributed by atoms with Crippen molar-refractivity contribution in [2.75, 3.05) is 39.4 Å². The van der Waals surface area contributed by atoms with Crippen molar-refractivity contribution in [1.82, 2.24) is 47.1 Å². The van der Waals surface area contributed by atoms with Crippen molar-refractivity contribution >= 4 is 53.2 Å². The summed E-state index contributed by atoms with van der Waals surface area (Å²) in [7, 11) is 0. The quantitative estimate of drug-likeness (QED) is 0.0444. The van der Waals surface area contributed by atoms with Gasteiger partial charge in [0.2, 0.25) is 53.2 Å². The molecule has 5 atom stereocenters. The molecular formula is C29H49FeN9O14. The summed E-state index contributed by atoms with van der Waals surface area (Å²) >= 11 is 0. The van der Waals surface area contributed by atoms with Gasteiger partial charge in [0.15, 0.2) is 0 Å². The van der Waals surface area contributed by atoms with Crippen LogP contribution in [0.4, 0.5) is 0 Å². The predicted octanol–water partition coefficient (Wildman–Crippen LogP) is -5.42. The summed E-state index contributed by atoms with van der Waals surface area (Å²) in [5.74, 6) is -8.27. The fourth-order valence-electron chi connectivity index (χ4n) is 4.63. The number of hydrogen-bond donors (Lipinski definition) is 11. The first kappa shape index (κ1) is 48.5. The minimum absolute atomic E-state index is 0. The summed E-state index contributed by atoms with van der Waals surface area (Å²) in [6, 6.07) is -7.86. The monoisotopic (exact) mass is 803 g/mol. The smallest absolute Gasteiger partial charge is 0.245 e. The molecule has 23 nitrogen and oxygen atoms in total. The van der Waals surface area contributed by atoms with Crippen molar-refractivity contribution < 1.29 is 86.1 Å². The number of hydroxylamine groups is 6. The number of nitrogens with zero attached hydrogens (tertiary/aromatic N) is 3. The van der Waals surface area contributed by atoms with Crippen LogP contribution in [0.1, 0.15) is 59.3 Å². The molecule has 0 aliphatic carbocycles. The van der Waals surface area contributed by atoms with Gasteiger partial charge in [-0.3, -0.25) is 58.8 Å². The first-order chi connectivity index (χ1) is 24.4. The molecule has 1 rings (SSSR count). The van der Waals surface area contributed by atoms with Gasteiger partial charge in [-0.15, -0.1) is 0 Å². The molecule has 0 aromatic heterocycles. The molecular weight excluding hydrogens is 754 g/mol. The molecule has 1 aliphatic heterocycles.